The minimum Gasteiger partial charge on any atom is -0.351 e. The van der Waals surface area contributed by atoms with Crippen molar-refractivity contribution in [2.45, 2.75) is 26.7 Å². The number of amides is 1. The molecule has 0 bridgehead atoms. The molecule has 0 spiro atoms. The minimum atomic E-state index is -0.243. The van der Waals surface area contributed by atoms with Crippen LogP contribution in [0.15, 0.2) is 53.5 Å². The molecule has 0 atom stereocenters. The van der Waals surface area contributed by atoms with E-state index in [2.05, 4.69) is 12.2 Å². The van der Waals surface area contributed by atoms with Crippen LogP contribution in [-0.2, 0) is 4.79 Å². The zero-order valence-corrected chi connectivity index (χ0v) is 13.6. The summed E-state index contributed by atoms with van der Waals surface area (Å²) in [5.74, 6) is -0.243. The zero-order chi connectivity index (χ0) is 16.7. The number of hydrogen-bond acceptors (Lipinski definition) is 2. The standard InChI is InChI=1S/C19H22N2O2/c1-3-4-12-20-19(23)17(21-13-6-5-7-18(21)22)14-16-10-8-15(2)9-11-16/h5-11,13-14H,3-4,12H2,1-2H3,(H,20,23)/b17-14+. The molecule has 0 aliphatic heterocycles. The molecule has 0 radical (unpaired) electrons. The van der Waals surface area contributed by atoms with E-state index < -0.39 is 0 Å². The van der Waals surface area contributed by atoms with E-state index in [1.807, 2.05) is 31.2 Å². The van der Waals surface area contributed by atoms with Crippen molar-refractivity contribution >= 4 is 17.7 Å². The lowest BCUT2D eigenvalue weighted by molar-refractivity contribution is -0.115. The van der Waals surface area contributed by atoms with Crippen LogP contribution in [0.25, 0.3) is 11.8 Å². The van der Waals surface area contributed by atoms with Crippen molar-refractivity contribution in [2.75, 3.05) is 6.54 Å². The quantitative estimate of drug-likeness (QED) is 0.658. The smallest absolute Gasteiger partial charge is 0.268 e. The molecule has 23 heavy (non-hydrogen) atoms. The minimum absolute atomic E-state index is 0.225. The van der Waals surface area contributed by atoms with Crippen molar-refractivity contribution in [3.63, 3.8) is 0 Å². The molecule has 4 heteroatoms. The molecule has 0 saturated heterocycles. The second-order valence-electron chi connectivity index (χ2n) is 5.46. The summed E-state index contributed by atoms with van der Waals surface area (Å²) in [6.45, 7) is 4.67. The molecule has 1 amide bonds. The van der Waals surface area contributed by atoms with Gasteiger partial charge in [0, 0.05) is 18.8 Å². The van der Waals surface area contributed by atoms with Gasteiger partial charge in [0.25, 0.3) is 11.5 Å². The van der Waals surface area contributed by atoms with Gasteiger partial charge in [0.05, 0.1) is 0 Å². The van der Waals surface area contributed by atoms with Crippen LogP contribution in [0.5, 0.6) is 0 Å². The average molecular weight is 310 g/mol. The molecular formula is C19H22N2O2. The molecule has 0 fully saturated rings. The van der Waals surface area contributed by atoms with Crippen LogP contribution in [-0.4, -0.2) is 17.0 Å². The van der Waals surface area contributed by atoms with E-state index >= 15 is 0 Å². The van der Waals surface area contributed by atoms with Crippen molar-refractivity contribution in [2.24, 2.45) is 0 Å². The molecule has 4 nitrogen and oxygen atoms in total. The molecule has 1 heterocycles. The third-order valence-electron chi connectivity index (χ3n) is 3.51. The molecule has 2 rings (SSSR count). The van der Waals surface area contributed by atoms with Gasteiger partial charge >= 0.3 is 0 Å². The summed E-state index contributed by atoms with van der Waals surface area (Å²) in [5.41, 5.74) is 2.13. The maximum Gasteiger partial charge on any atom is 0.268 e. The highest BCUT2D eigenvalue weighted by atomic mass is 16.2. The Balaban J connectivity index is 2.39. The number of unbranched alkanes of at least 4 members (excludes halogenated alkanes) is 1. The first-order chi connectivity index (χ1) is 11.1. The van der Waals surface area contributed by atoms with Crippen LogP contribution in [0.3, 0.4) is 0 Å². The fourth-order valence-corrected chi connectivity index (χ4v) is 2.16. The Morgan fingerprint density at radius 2 is 1.91 bits per heavy atom. The number of benzene rings is 1. The summed E-state index contributed by atoms with van der Waals surface area (Å²) >= 11 is 0. The van der Waals surface area contributed by atoms with Crippen molar-refractivity contribution in [3.8, 4) is 0 Å². The topological polar surface area (TPSA) is 51.1 Å². The number of hydrogen-bond donors (Lipinski definition) is 1. The van der Waals surface area contributed by atoms with Crippen LogP contribution in [0.1, 0.15) is 30.9 Å². The highest BCUT2D eigenvalue weighted by Crippen LogP contribution is 2.12. The lowest BCUT2D eigenvalue weighted by Crippen LogP contribution is -2.31. The molecule has 0 unspecified atom stereocenters. The third kappa shape index (κ3) is 4.68. The largest absolute Gasteiger partial charge is 0.351 e. The van der Waals surface area contributed by atoms with Crippen LogP contribution < -0.4 is 10.9 Å². The van der Waals surface area contributed by atoms with Crippen molar-refractivity contribution in [1.29, 1.82) is 0 Å². The van der Waals surface area contributed by atoms with E-state index in [9.17, 15) is 9.59 Å². The van der Waals surface area contributed by atoms with Gasteiger partial charge in [0.1, 0.15) is 5.70 Å². The average Bonchev–Trinajstić information content (AvgIpc) is 2.55. The summed E-state index contributed by atoms with van der Waals surface area (Å²) in [6, 6.07) is 12.7. The predicted molar refractivity (Wildman–Crippen MR) is 94.0 cm³/mol. The van der Waals surface area contributed by atoms with Crippen LogP contribution in [0.2, 0.25) is 0 Å². The molecule has 2 aromatic rings. The van der Waals surface area contributed by atoms with Crippen LogP contribution in [0.4, 0.5) is 0 Å². The fourth-order valence-electron chi connectivity index (χ4n) is 2.16. The second-order valence-corrected chi connectivity index (χ2v) is 5.46. The monoisotopic (exact) mass is 310 g/mol. The van der Waals surface area contributed by atoms with Crippen molar-refractivity contribution in [3.05, 3.63) is 70.1 Å². The van der Waals surface area contributed by atoms with Gasteiger partial charge in [-0.15, -0.1) is 0 Å². The number of nitrogens with one attached hydrogen (secondary N) is 1. The Morgan fingerprint density at radius 3 is 2.57 bits per heavy atom. The molecule has 0 aliphatic carbocycles. The lowest BCUT2D eigenvalue weighted by atomic mass is 10.1. The summed E-state index contributed by atoms with van der Waals surface area (Å²) in [6.07, 6.45) is 5.26. The van der Waals surface area contributed by atoms with E-state index in [1.165, 1.54) is 10.6 Å². The molecule has 0 saturated carbocycles. The number of aromatic nitrogens is 1. The van der Waals surface area contributed by atoms with Gasteiger partial charge in [-0.05, 0) is 31.1 Å². The molecular weight excluding hydrogens is 288 g/mol. The number of rotatable bonds is 6. The Kier molecular flexibility index (Phi) is 5.92. The van der Waals surface area contributed by atoms with Gasteiger partial charge in [-0.2, -0.15) is 0 Å². The molecule has 1 aromatic carbocycles. The summed E-state index contributed by atoms with van der Waals surface area (Å²) in [5, 5.41) is 2.87. The Morgan fingerprint density at radius 1 is 1.17 bits per heavy atom. The van der Waals surface area contributed by atoms with E-state index in [-0.39, 0.29) is 11.5 Å². The summed E-state index contributed by atoms with van der Waals surface area (Å²) in [7, 11) is 0. The van der Waals surface area contributed by atoms with Gasteiger partial charge in [0.15, 0.2) is 0 Å². The van der Waals surface area contributed by atoms with Gasteiger partial charge in [-0.1, -0.05) is 49.2 Å². The van der Waals surface area contributed by atoms with Crippen molar-refractivity contribution in [1.82, 2.24) is 9.88 Å². The van der Waals surface area contributed by atoms with E-state index in [0.717, 1.165) is 24.0 Å². The Bertz CT molecular complexity index is 742. The first-order valence-corrected chi connectivity index (χ1v) is 7.86. The molecule has 0 aliphatic rings. The van der Waals surface area contributed by atoms with E-state index in [4.69, 9.17) is 0 Å². The maximum absolute atomic E-state index is 12.5. The van der Waals surface area contributed by atoms with Crippen LogP contribution >= 0.6 is 0 Å². The van der Waals surface area contributed by atoms with Crippen LogP contribution in [0, 0.1) is 6.92 Å². The van der Waals surface area contributed by atoms with Gasteiger partial charge < -0.3 is 5.32 Å². The van der Waals surface area contributed by atoms with E-state index in [1.54, 1.807) is 24.4 Å². The van der Waals surface area contributed by atoms with Crippen molar-refractivity contribution < 1.29 is 4.79 Å². The normalized spacial score (nSPS) is 11.3. The lowest BCUT2D eigenvalue weighted by Gasteiger charge is -2.11. The highest BCUT2D eigenvalue weighted by Gasteiger charge is 2.12. The first kappa shape index (κ1) is 16.7. The fraction of sp³-hybridized carbons (Fsp3) is 0.263. The van der Waals surface area contributed by atoms with Gasteiger partial charge in [-0.25, -0.2) is 0 Å². The summed E-state index contributed by atoms with van der Waals surface area (Å²) in [4.78, 5) is 24.6. The zero-order valence-electron chi connectivity index (χ0n) is 13.6. The Labute approximate surface area is 136 Å². The van der Waals surface area contributed by atoms with Gasteiger partial charge in [-0.3, -0.25) is 14.2 Å². The first-order valence-electron chi connectivity index (χ1n) is 7.86. The number of nitrogens with zero attached hydrogens (tertiary/aromatic N) is 1. The third-order valence-corrected chi connectivity index (χ3v) is 3.51. The predicted octanol–water partition coefficient (Wildman–Crippen LogP) is 3.07. The molecule has 1 N–H and O–H groups in total. The number of carbonyl (C=O) groups is 1. The second kappa shape index (κ2) is 8.13. The number of pyridine rings is 1. The molecule has 120 valence electrons. The maximum atomic E-state index is 12.5. The number of carbonyl (C=O) groups excluding carboxylic acids is 1. The van der Waals surface area contributed by atoms with Gasteiger partial charge in [0.2, 0.25) is 0 Å². The number of aryl methyl sites for hydroxylation is 1. The Hall–Kier alpha value is -2.62. The van der Waals surface area contributed by atoms with E-state index in [0.29, 0.717) is 12.2 Å². The summed E-state index contributed by atoms with van der Waals surface area (Å²) < 4.78 is 1.38. The SMILES string of the molecule is CCCCNC(=O)/C(=C\c1ccc(C)cc1)n1ccccc1=O. The molecule has 1 aromatic heterocycles. The highest BCUT2D eigenvalue weighted by molar-refractivity contribution is 6.18.